The van der Waals surface area contributed by atoms with E-state index in [4.69, 9.17) is 5.26 Å². The van der Waals surface area contributed by atoms with E-state index in [1.54, 1.807) is 19.1 Å². The van der Waals surface area contributed by atoms with E-state index in [-0.39, 0.29) is 11.4 Å². The minimum Gasteiger partial charge on any atom is -0.296 e. The van der Waals surface area contributed by atoms with Crippen LogP contribution in [0.15, 0.2) is 36.5 Å². The van der Waals surface area contributed by atoms with Gasteiger partial charge in [-0.2, -0.15) is 9.57 Å². The van der Waals surface area contributed by atoms with Gasteiger partial charge >= 0.3 is 0 Å². The molecule has 0 unspecified atom stereocenters. The Labute approximate surface area is 180 Å². The Hall–Kier alpha value is -3.07. The zero-order valence-electron chi connectivity index (χ0n) is 17.0. The van der Waals surface area contributed by atoms with E-state index in [1.165, 1.54) is 28.7 Å². The minimum atomic E-state index is -3.21. The van der Waals surface area contributed by atoms with E-state index >= 15 is 0 Å². The van der Waals surface area contributed by atoms with Crippen LogP contribution in [0.1, 0.15) is 18.2 Å². The van der Waals surface area contributed by atoms with Crippen LogP contribution in [0, 0.1) is 17.1 Å². The van der Waals surface area contributed by atoms with E-state index in [0.717, 1.165) is 5.01 Å². The summed E-state index contributed by atoms with van der Waals surface area (Å²) in [6, 6.07) is 9.31. The fourth-order valence-corrected chi connectivity index (χ4v) is 4.37. The molecule has 1 amide bonds. The van der Waals surface area contributed by atoms with Crippen molar-refractivity contribution in [1.29, 1.82) is 5.26 Å². The zero-order chi connectivity index (χ0) is 22.4. The van der Waals surface area contributed by atoms with Crippen LogP contribution in [0.2, 0.25) is 0 Å². The first-order valence-corrected chi connectivity index (χ1v) is 11.3. The zero-order valence-corrected chi connectivity index (χ0v) is 17.8. The van der Waals surface area contributed by atoms with Crippen molar-refractivity contribution in [3.63, 3.8) is 0 Å². The number of hydrogen-bond donors (Lipinski definition) is 1. The molecule has 1 aliphatic heterocycles. The fourth-order valence-electron chi connectivity index (χ4n) is 3.29. The van der Waals surface area contributed by atoms with E-state index in [9.17, 15) is 17.6 Å². The number of halogens is 1. The highest BCUT2D eigenvalue weighted by molar-refractivity contribution is 7.89. The third kappa shape index (κ3) is 5.75. The number of nitriles is 1. The number of hydrogen-bond acceptors (Lipinski definition) is 7. The van der Waals surface area contributed by atoms with Gasteiger partial charge in [-0.3, -0.25) is 15.1 Å². The lowest BCUT2D eigenvalue weighted by Gasteiger charge is -2.34. The van der Waals surface area contributed by atoms with Crippen LogP contribution in [0.4, 0.5) is 15.8 Å². The summed E-state index contributed by atoms with van der Waals surface area (Å²) >= 11 is 0. The Kier molecular flexibility index (Phi) is 7.17. The molecule has 0 atom stereocenters. The number of carbonyl (C=O) groups excluding carboxylic acids is 1. The van der Waals surface area contributed by atoms with Gasteiger partial charge < -0.3 is 0 Å². The highest BCUT2D eigenvalue weighted by atomic mass is 32.2. The summed E-state index contributed by atoms with van der Waals surface area (Å²) in [7, 11) is -3.21. The van der Waals surface area contributed by atoms with E-state index < -0.39 is 15.8 Å². The third-order valence-corrected chi connectivity index (χ3v) is 6.83. The molecule has 0 radical (unpaired) electrons. The lowest BCUT2D eigenvalue weighted by atomic mass is 10.1. The van der Waals surface area contributed by atoms with Gasteiger partial charge in [0, 0.05) is 32.7 Å². The number of carbonyl (C=O) groups is 1. The predicted octanol–water partition coefficient (Wildman–Crippen LogP) is 1.55. The van der Waals surface area contributed by atoms with Crippen LogP contribution in [-0.4, -0.2) is 60.9 Å². The summed E-state index contributed by atoms with van der Waals surface area (Å²) in [4.78, 5) is 17.6. The van der Waals surface area contributed by atoms with Gasteiger partial charge in [0.2, 0.25) is 16.4 Å². The van der Waals surface area contributed by atoms with Crippen LogP contribution < -0.4 is 10.4 Å². The quantitative estimate of drug-likeness (QED) is 0.484. The number of nitrogens with one attached hydrogen (secondary N) is 1. The molecule has 0 aliphatic carbocycles. The Bertz CT molecular complexity index is 1060. The Morgan fingerprint density at radius 2 is 2.00 bits per heavy atom. The molecule has 11 heteroatoms. The van der Waals surface area contributed by atoms with Crippen LogP contribution in [0.5, 0.6) is 0 Å². The van der Waals surface area contributed by atoms with Gasteiger partial charge in [-0.1, -0.05) is 0 Å². The number of anilines is 2. The monoisotopic (exact) mass is 446 g/mol. The van der Waals surface area contributed by atoms with Crippen molar-refractivity contribution >= 4 is 27.8 Å². The largest absolute Gasteiger partial charge is 0.296 e. The van der Waals surface area contributed by atoms with Gasteiger partial charge in [0.25, 0.3) is 0 Å². The number of aromatic nitrogens is 1. The molecular weight excluding hydrogens is 423 g/mol. The van der Waals surface area contributed by atoms with Crippen molar-refractivity contribution in [2.75, 3.05) is 42.4 Å². The lowest BCUT2D eigenvalue weighted by Crippen LogP contribution is -2.48. The van der Waals surface area contributed by atoms with E-state index in [0.29, 0.717) is 56.1 Å². The highest BCUT2D eigenvalue weighted by Crippen LogP contribution is 2.21. The van der Waals surface area contributed by atoms with Gasteiger partial charge in [-0.15, -0.1) is 0 Å². The second-order valence-corrected chi connectivity index (χ2v) is 9.28. The van der Waals surface area contributed by atoms with E-state index in [2.05, 4.69) is 10.4 Å². The summed E-state index contributed by atoms with van der Waals surface area (Å²) in [6.45, 7) is 3.92. The predicted molar refractivity (Wildman–Crippen MR) is 114 cm³/mol. The molecule has 9 nitrogen and oxygen atoms in total. The molecule has 2 heterocycles. The molecule has 0 saturated carbocycles. The molecule has 0 bridgehead atoms. The average molecular weight is 447 g/mol. The van der Waals surface area contributed by atoms with Gasteiger partial charge in [-0.25, -0.2) is 22.8 Å². The average Bonchev–Trinajstić information content (AvgIpc) is 2.77. The van der Waals surface area contributed by atoms with Crippen molar-refractivity contribution in [3.8, 4) is 6.07 Å². The topological polar surface area (TPSA) is 110 Å². The number of pyridine rings is 1. The van der Waals surface area contributed by atoms with Gasteiger partial charge in [0.15, 0.2) is 0 Å². The van der Waals surface area contributed by atoms with Crippen molar-refractivity contribution in [2.45, 2.75) is 13.5 Å². The second kappa shape index (κ2) is 9.82. The first kappa shape index (κ1) is 22.6. The molecule has 1 fully saturated rings. The second-order valence-electron chi connectivity index (χ2n) is 7.02. The maximum Gasteiger partial charge on any atom is 0.232 e. The van der Waals surface area contributed by atoms with Crippen molar-refractivity contribution < 1.29 is 17.6 Å². The molecule has 31 heavy (non-hydrogen) atoms. The maximum absolute atomic E-state index is 14.3. The van der Waals surface area contributed by atoms with Crippen LogP contribution in [-0.2, 0) is 21.4 Å². The van der Waals surface area contributed by atoms with E-state index in [1.807, 2.05) is 11.0 Å². The molecule has 164 valence electrons. The number of hydrazine groups is 1. The number of nitrogens with zero attached hydrogens (tertiary/aromatic N) is 5. The normalized spacial score (nSPS) is 15.3. The first-order chi connectivity index (χ1) is 14.8. The summed E-state index contributed by atoms with van der Waals surface area (Å²) in [6.07, 6.45) is 1.92. The van der Waals surface area contributed by atoms with Crippen LogP contribution in [0.3, 0.4) is 0 Å². The Morgan fingerprint density at radius 1 is 1.26 bits per heavy atom. The lowest BCUT2D eigenvalue weighted by molar-refractivity contribution is -0.107. The number of amides is 1. The van der Waals surface area contributed by atoms with Crippen molar-refractivity contribution in [1.82, 2.24) is 14.2 Å². The molecule has 1 saturated heterocycles. The maximum atomic E-state index is 14.3. The van der Waals surface area contributed by atoms with Gasteiger partial charge in [0.05, 0.1) is 23.3 Å². The molecule has 1 aromatic carbocycles. The third-order valence-electron chi connectivity index (χ3n) is 4.95. The molecule has 1 aromatic heterocycles. The molecular formula is C20H23FN6O3S. The smallest absolute Gasteiger partial charge is 0.232 e. The summed E-state index contributed by atoms with van der Waals surface area (Å²) in [5.41, 5.74) is 4.49. The van der Waals surface area contributed by atoms with Crippen LogP contribution in [0.25, 0.3) is 0 Å². The Balaban J connectivity index is 1.69. The number of sulfonamides is 1. The van der Waals surface area contributed by atoms with Gasteiger partial charge in [-0.05, 0) is 42.8 Å². The summed E-state index contributed by atoms with van der Waals surface area (Å²) in [5.74, 6) is -0.421. The van der Waals surface area contributed by atoms with Crippen molar-refractivity contribution in [2.24, 2.45) is 0 Å². The molecule has 3 rings (SSSR count). The summed E-state index contributed by atoms with van der Waals surface area (Å²) < 4.78 is 39.7. The minimum absolute atomic E-state index is 0.0730. The van der Waals surface area contributed by atoms with Crippen LogP contribution >= 0.6 is 0 Å². The molecule has 1 N–H and O–H groups in total. The SMILES string of the molecule is CCS(=O)(=O)N1CCN(Cc2cc(F)cc(N(C=O)Nc3ccc(C#N)nc3)c2)CC1. The standard InChI is InChI=1S/C20H23FN6O3S/c1-2-31(29,30)26-7-5-25(6-8-26)14-16-9-17(21)11-20(10-16)27(15-28)24-19-4-3-18(12-22)23-13-19/h3-4,9-11,13,15,24H,2,5-8,14H2,1H3. The molecule has 0 spiro atoms. The fraction of sp³-hybridized carbons (Fsp3) is 0.350. The number of rotatable bonds is 8. The van der Waals surface area contributed by atoms with Crippen molar-refractivity contribution in [3.05, 3.63) is 53.6 Å². The number of piperazine rings is 1. The number of benzene rings is 1. The van der Waals surface area contributed by atoms with Gasteiger partial charge in [0.1, 0.15) is 17.6 Å². The Morgan fingerprint density at radius 3 is 2.58 bits per heavy atom. The first-order valence-electron chi connectivity index (χ1n) is 9.71. The summed E-state index contributed by atoms with van der Waals surface area (Å²) in [5, 5.41) is 9.95. The highest BCUT2D eigenvalue weighted by Gasteiger charge is 2.25. The molecule has 2 aromatic rings. The molecule has 1 aliphatic rings.